The molecule has 2 atom stereocenters. The Morgan fingerprint density at radius 2 is 1.91 bits per heavy atom. The Hall–Kier alpha value is -1.92. The van der Waals surface area contributed by atoms with Crippen LogP contribution in [0.5, 0.6) is 0 Å². The monoisotopic (exact) mass is 458 g/mol. The van der Waals surface area contributed by atoms with Crippen molar-refractivity contribution in [2.45, 2.75) is 59.0 Å². The van der Waals surface area contributed by atoms with Crippen LogP contribution in [0.1, 0.15) is 52.9 Å². The van der Waals surface area contributed by atoms with Crippen LogP contribution in [0.15, 0.2) is 41.3 Å². The molecule has 1 saturated heterocycles. The first-order valence-corrected chi connectivity index (χ1v) is 12.6. The summed E-state index contributed by atoms with van der Waals surface area (Å²) in [5.41, 5.74) is 1.26. The van der Waals surface area contributed by atoms with Gasteiger partial charge in [-0.25, -0.2) is 4.99 Å². The van der Waals surface area contributed by atoms with Crippen molar-refractivity contribution < 1.29 is 9.53 Å². The first-order valence-electron chi connectivity index (χ1n) is 12.6. The molecule has 0 bridgehead atoms. The van der Waals surface area contributed by atoms with Gasteiger partial charge in [0.15, 0.2) is 0 Å². The van der Waals surface area contributed by atoms with E-state index in [0.717, 1.165) is 64.9 Å². The number of hydrogen-bond donors (Lipinski definition) is 0. The molecule has 0 radical (unpaired) electrons. The lowest BCUT2D eigenvalue weighted by Crippen LogP contribution is -2.46. The number of aliphatic imine (C=N–C) groups is 1. The molecule has 0 aromatic rings. The molecular formula is C27H46N4O2. The highest BCUT2D eigenvalue weighted by Gasteiger charge is 2.34. The van der Waals surface area contributed by atoms with Crippen molar-refractivity contribution in [1.82, 2.24) is 14.7 Å². The zero-order valence-electron chi connectivity index (χ0n) is 21.6. The van der Waals surface area contributed by atoms with Gasteiger partial charge in [-0.1, -0.05) is 19.6 Å². The van der Waals surface area contributed by atoms with Gasteiger partial charge in [0.1, 0.15) is 5.82 Å². The summed E-state index contributed by atoms with van der Waals surface area (Å²) in [7, 11) is 4.12. The van der Waals surface area contributed by atoms with E-state index in [9.17, 15) is 4.79 Å². The van der Waals surface area contributed by atoms with E-state index in [4.69, 9.17) is 4.74 Å². The Balaban J connectivity index is 1.98. The predicted molar refractivity (Wildman–Crippen MR) is 138 cm³/mol. The Kier molecular flexibility index (Phi) is 11.3. The number of likely N-dealkylation sites (N-methyl/N-ethyl adjacent to an activating group) is 1. The summed E-state index contributed by atoms with van der Waals surface area (Å²) < 4.78 is 6.03. The van der Waals surface area contributed by atoms with Gasteiger partial charge in [0.2, 0.25) is 5.91 Å². The zero-order valence-corrected chi connectivity index (χ0v) is 21.6. The maximum absolute atomic E-state index is 13.6. The Bertz CT molecular complexity index is 707. The average molecular weight is 459 g/mol. The van der Waals surface area contributed by atoms with E-state index in [-0.39, 0.29) is 17.9 Å². The van der Waals surface area contributed by atoms with Crippen LogP contribution < -0.4 is 0 Å². The molecule has 1 aliphatic heterocycles. The summed E-state index contributed by atoms with van der Waals surface area (Å²) in [4.78, 5) is 24.3. The van der Waals surface area contributed by atoms with Gasteiger partial charge in [0, 0.05) is 37.8 Å². The molecule has 2 aliphatic rings. The number of likely N-dealkylation sites (tertiary alicyclic amines) is 1. The molecule has 1 heterocycles. The first kappa shape index (κ1) is 27.3. The molecule has 2 rings (SSSR count). The van der Waals surface area contributed by atoms with Gasteiger partial charge in [-0.15, -0.1) is 0 Å². The number of carbonyl (C=O) groups is 1. The number of amides is 1. The van der Waals surface area contributed by atoms with Crippen molar-refractivity contribution in [1.29, 1.82) is 0 Å². The predicted octanol–water partition coefficient (Wildman–Crippen LogP) is 4.56. The van der Waals surface area contributed by atoms with E-state index in [1.54, 1.807) is 0 Å². The smallest absolute Gasteiger partial charge is 0.231 e. The summed E-state index contributed by atoms with van der Waals surface area (Å²) in [6.45, 7) is 18.4. The second-order valence-electron chi connectivity index (χ2n) is 9.92. The summed E-state index contributed by atoms with van der Waals surface area (Å²) in [5, 5.41) is 0. The van der Waals surface area contributed by atoms with Crippen LogP contribution in [-0.4, -0.2) is 80.3 Å². The van der Waals surface area contributed by atoms with Crippen molar-refractivity contribution in [2.24, 2.45) is 22.7 Å². The lowest BCUT2D eigenvalue weighted by atomic mass is 9.84. The molecule has 186 valence electrons. The summed E-state index contributed by atoms with van der Waals surface area (Å²) >= 11 is 0. The quantitative estimate of drug-likeness (QED) is 0.336. The standard InChI is InChI=1S/C27H46N4O2/c1-8-10-22(4)30-16-15-24(21(3)19-30)20-31(26(9-2)28-5)27(32)23-11-13-25(14-12-23)33-18-17-29(6)7/h8-10,21,23-25H,1,5,11-20H2,2-4,6-7H3/b22-10+,26-9+. The molecule has 33 heavy (non-hydrogen) atoms. The fourth-order valence-electron chi connectivity index (χ4n) is 5.02. The third-order valence-electron chi connectivity index (χ3n) is 7.24. The van der Waals surface area contributed by atoms with Gasteiger partial charge >= 0.3 is 0 Å². The highest BCUT2D eigenvalue weighted by atomic mass is 16.5. The van der Waals surface area contributed by atoms with Crippen molar-refractivity contribution >= 4 is 12.6 Å². The molecule has 6 nitrogen and oxygen atoms in total. The van der Waals surface area contributed by atoms with Gasteiger partial charge in [-0.3, -0.25) is 9.69 Å². The molecule has 1 amide bonds. The van der Waals surface area contributed by atoms with E-state index >= 15 is 0 Å². The van der Waals surface area contributed by atoms with Gasteiger partial charge in [0.25, 0.3) is 0 Å². The molecule has 0 spiro atoms. The number of rotatable bonds is 11. The number of hydrogen-bond acceptors (Lipinski definition) is 5. The molecule has 1 aliphatic carbocycles. The fraction of sp³-hybridized carbons (Fsp3) is 0.704. The molecule has 0 N–H and O–H groups in total. The van der Waals surface area contributed by atoms with Crippen LogP contribution in [0.25, 0.3) is 0 Å². The van der Waals surface area contributed by atoms with Gasteiger partial charge in [-0.2, -0.15) is 0 Å². The highest BCUT2D eigenvalue weighted by molar-refractivity contribution is 5.80. The first-order chi connectivity index (χ1) is 15.8. The number of nitrogens with zero attached hydrogens (tertiary/aromatic N) is 4. The molecule has 0 aromatic carbocycles. The largest absolute Gasteiger partial charge is 0.377 e. The maximum atomic E-state index is 13.6. The van der Waals surface area contributed by atoms with Crippen LogP contribution in [0.3, 0.4) is 0 Å². The minimum Gasteiger partial charge on any atom is -0.377 e. The summed E-state index contributed by atoms with van der Waals surface area (Å²) in [6, 6.07) is 0. The van der Waals surface area contributed by atoms with Gasteiger partial charge in [0.05, 0.1) is 12.7 Å². The Labute approximate surface area is 202 Å². The lowest BCUT2D eigenvalue weighted by Gasteiger charge is -2.41. The normalized spacial score (nSPS) is 26.9. The number of allylic oxidation sites excluding steroid dienone is 4. The second-order valence-corrected chi connectivity index (χ2v) is 9.92. The Morgan fingerprint density at radius 3 is 2.45 bits per heavy atom. The van der Waals surface area contributed by atoms with Crippen LogP contribution in [0.2, 0.25) is 0 Å². The van der Waals surface area contributed by atoms with Crippen molar-refractivity contribution in [3.05, 3.63) is 36.3 Å². The zero-order chi connectivity index (χ0) is 24.4. The van der Waals surface area contributed by atoms with E-state index in [0.29, 0.717) is 17.7 Å². The third kappa shape index (κ3) is 8.11. The lowest BCUT2D eigenvalue weighted by molar-refractivity contribution is -0.136. The molecule has 6 heteroatoms. The SMILES string of the molecule is C=C/C=C(\C)N1CCC(CN(C(=O)C2CCC(OCCN(C)C)CC2)/C(=C/C)N=C)C(C)C1. The third-order valence-corrected chi connectivity index (χ3v) is 7.24. The molecule has 1 saturated carbocycles. The topological polar surface area (TPSA) is 48.4 Å². The number of piperidine rings is 1. The number of carbonyl (C=O) groups excluding carboxylic acids is 1. The minimum atomic E-state index is 0.0450. The van der Waals surface area contributed by atoms with Gasteiger partial charge < -0.3 is 14.5 Å². The van der Waals surface area contributed by atoms with Crippen LogP contribution >= 0.6 is 0 Å². The van der Waals surface area contributed by atoms with E-state index < -0.39 is 0 Å². The van der Waals surface area contributed by atoms with Crippen molar-refractivity contribution in [3.63, 3.8) is 0 Å². The highest BCUT2D eigenvalue weighted by Crippen LogP contribution is 2.32. The minimum absolute atomic E-state index is 0.0450. The van der Waals surface area contributed by atoms with E-state index in [1.807, 2.05) is 24.0 Å². The van der Waals surface area contributed by atoms with Crippen LogP contribution in [0, 0.1) is 17.8 Å². The molecular weight excluding hydrogens is 412 g/mol. The van der Waals surface area contributed by atoms with Crippen LogP contribution in [-0.2, 0) is 9.53 Å². The maximum Gasteiger partial charge on any atom is 0.231 e. The number of ether oxygens (including phenoxy) is 1. The molecule has 2 unspecified atom stereocenters. The van der Waals surface area contributed by atoms with Crippen molar-refractivity contribution in [2.75, 3.05) is 46.9 Å². The fourth-order valence-corrected chi connectivity index (χ4v) is 5.02. The molecule has 0 aromatic heterocycles. The van der Waals surface area contributed by atoms with Gasteiger partial charge in [-0.05, 0) is 90.8 Å². The van der Waals surface area contributed by atoms with Crippen LogP contribution in [0.4, 0.5) is 0 Å². The van der Waals surface area contributed by atoms with E-state index in [2.05, 4.69) is 62.1 Å². The average Bonchev–Trinajstić information content (AvgIpc) is 2.80. The Morgan fingerprint density at radius 1 is 1.21 bits per heavy atom. The van der Waals surface area contributed by atoms with E-state index in [1.165, 1.54) is 5.70 Å². The molecule has 2 fully saturated rings. The summed E-state index contributed by atoms with van der Waals surface area (Å²) in [5.74, 6) is 1.89. The summed E-state index contributed by atoms with van der Waals surface area (Å²) in [6.07, 6.45) is 10.8. The van der Waals surface area contributed by atoms with Crippen molar-refractivity contribution in [3.8, 4) is 0 Å². The second kappa shape index (κ2) is 13.7.